The van der Waals surface area contributed by atoms with Crippen molar-refractivity contribution < 1.29 is 13.6 Å². The summed E-state index contributed by atoms with van der Waals surface area (Å²) in [5, 5.41) is 4.22. The highest BCUT2D eigenvalue weighted by atomic mass is 32.2. The van der Waals surface area contributed by atoms with Crippen LogP contribution in [0, 0.1) is 11.6 Å². The first-order valence-corrected chi connectivity index (χ1v) is 8.75. The highest BCUT2D eigenvalue weighted by Gasteiger charge is 2.25. The Morgan fingerprint density at radius 1 is 1.12 bits per heavy atom. The van der Waals surface area contributed by atoms with Gasteiger partial charge in [0.1, 0.15) is 16.7 Å². The fourth-order valence-corrected chi connectivity index (χ4v) is 3.39. The number of fused-ring (bicyclic) bond motifs is 1. The molecule has 0 aliphatic heterocycles. The molecule has 0 unspecified atom stereocenters. The van der Waals surface area contributed by atoms with E-state index in [4.69, 9.17) is 0 Å². The Hall–Kier alpha value is -2.47. The smallest absolute Gasteiger partial charge is 0.252 e. The number of nitrogens with one attached hydrogen (secondary N) is 1. The van der Waals surface area contributed by atoms with Crippen LogP contribution < -0.4 is 5.32 Å². The number of para-hydroxylation sites is 1. The van der Waals surface area contributed by atoms with Gasteiger partial charge in [-0.1, -0.05) is 30.0 Å². The summed E-state index contributed by atoms with van der Waals surface area (Å²) < 4.78 is 27.0. The second kappa shape index (κ2) is 6.44. The number of carbonyl (C=O) groups is 1. The molecule has 3 nitrogen and oxygen atoms in total. The summed E-state index contributed by atoms with van der Waals surface area (Å²) in [5.74, 6) is -1.43. The van der Waals surface area contributed by atoms with E-state index in [-0.39, 0.29) is 16.8 Å². The molecular weight excluding hydrogens is 342 g/mol. The molecule has 1 fully saturated rings. The predicted octanol–water partition coefficient (Wildman–Crippen LogP) is 4.56. The minimum atomic E-state index is -0.649. The van der Waals surface area contributed by atoms with E-state index >= 15 is 0 Å². The zero-order chi connectivity index (χ0) is 17.4. The fraction of sp³-hybridized carbons (Fsp3) is 0.158. The van der Waals surface area contributed by atoms with Crippen LogP contribution in [0.4, 0.5) is 8.78 Å². The summed E-state index contributed by atoms with van der Waals surface area (Å²) >= 11 is 1.07. The molecule has 25 heavy (non-hydrogen) atoms. The first kappa shape index (κ1) is 16.0. The van der Waals surface area contributed by atoms with Gasteiger partial charge in [-0.3, -0.25) is 4.79 Å². The molecule has 3 aromatic rings. The molecule has 4 rings (SSSR count). The molecule has 0 radical (unpaired) electrons. The van der Waals surface area contributed by atoms with Gasteiger partial charge in [-0.2, -0.15) is 0 Å². The molecule has 6 heteroatoms. The predicted molar refractivity (Wildman–Crippen MR) is 92.7 cm³/mol. The molecule has 0 bridgehead atoms. The van der Waals surface area contributed by atoms with Crippen LogP contribution in [0.5, 0.6) is 0 Å². The van der Waals surface area contributed by atoms with Gasteiger partial charge in [0.15, 0.2) is 0 Å². The summed E-state index contributed by atoms with van der Waals surface area (Å²) in [4.78, 5) is 17.3. The van der Waals surface area contributed by atoms with Crippen LogP contribution in [0.25, 0.3) is 10.9 Å². The maximum absolute atomic E-state index is 13.9. The van der Waals surface area contributed by atoms with Crippen molar-refractivity contribution >= 4 is 28.6 Å². The molecule has 1 amide bonds. The Kier molecular flexibility index (Phi) is 4.13. The monoisotopic (exact) mass is 356 g/mol. The summed E-state index contributed by atoms with van der Waals surface area (Å²) in [6, 6.07) is 12.7. The van der Waals surface area contributed by atoms with E-state index in [0.29, 0.717) is 16.1 Å². The van der Waals surface area contributed by atoms with E-state index in [1.165, 1.54) is 12.1 Å². The fourth-order valence-electron chi connectivity index (χ4n) is 2.55. The second-order valence-electron chi connectivity index (χ2n) is 5.95. The quantitative estimate of drug-likeness (QED) is 0.745. The van der Waals surface area contributed by atoms with E-state index in [0.717, 1.165) is 36.1 Å². The van der Waals surface area contributed by atoms with Gasteiger partial charge in [0.25, 0.3) is 5.91 Å². The molecule has 1 aromatic heterocycles. The number of hydrogen-bond donors (Lipinski definition) is 1. The number of aromatic nitrogens is 1. The molecule has 1 aliphatic carbocycles. The van der Waals surface area contributed by atoms with Gasteiger partial charge in [0.05, 0.1) is 11.1 Å². The summed E-state index contributed by atoms with van der Waals surface area (Å²) in [6.45, 7) is 0. The van der Waals surface area contributed by atoms with Crippen molar-refractivity contribution in [2.24, 2.45) is 0 Å². The second-order valence-corrected chi connectivity index (χ2v) is 7.01. The van der Waals surface area contributed by atoms with Gasteiger partial charge in [-0.05, 0) is 37.1 Å². The molecule has 2 aromatic carbocycles. The number of hydrogen-bond acceptors (Lipinski definition) is 3. The third kappa shape index (κ3) is 3.49. The van der Waals surface area contributed by atoms with Gasteiger partial charge >= 0.3 is 0 Å². The molecule has 126 valence electrons. The van der Waals surface area contributed by atoms with Crippen molar-refractivity contribution in [3.63, 3.8) is 0 Å². The van der Waals surface area contributed by atoms with E-state index < -0.39 is 11.6 Å². The summed E-state index contributed by atoms with van der Waals surface area (Å²) in [5.41, 5.74) is 1.18. The maximum Gasteiger partial charge on any atom is 0.252 e. The molecule has 1 aliphatic rings. The Bertz CT molecular complexity index is 973. The van der Waals surface area contributed by atoms with Gasteiger partial charge in [-0.15, -0.1) is 0 Å². The zero-order valence-corrected chi connectivity index (χ0v) is 13.9. The molecule has 1 N–H and O–H groups in total. The highest BCUT2D eigenvalue weighted by Crippen LogP contribution is 2.32. The van der Waals surface area contributed by atoms with Crippen molar-refractivity contribution in [2.75, 3.05) is 0 Å². The maximum atomic E-state index is 13.9. The topological polar surface area (TPSA) is 42.0 Å². The Morgan fingerprint density at radius 2 is 1.92 bits per heavy atom. The Morgan fingerprint density at radius 3 is 2.68 bits per heavy atom. The largest absolute Gasteiger partial charge is 0.349 e. The molecular formula is C19H14F2N2OS. The number of carbonyl (C=O) groups excluding carboxylic acids is 1. The van der Waals surface area contributed by atoms with Crippen molar-refractivity contribution in [3.05, 3.63) is 65.7 Å². The lowest BCUT2D eigenvalue weighted by Gasteiger charge is -2.10. The first-order chi connectivity index (χ1) is 12.1. The number of benzene rings is 2. The summed E-state index contributed by atoms with van der Waals surface area (Å²) in [7, 11) is 0. The van der Waals surface area contributed by atoms with E-state index in [9.17, 15) is 13.6 Å². The van der Waals surface area contributed by atoms with Gasteiger partial charge in [-0.25, -0.2) is 13.8 Å². The van der Waals surface area contributed by atoms with Crippen LogP contribution in [-0.2, 0) is 0 Å². The SMILES string of the molecule is O=C(NC1CC1)c1cc(Sc2ccc(F)cc2F)nc2ccccc12. The average molecular weight is 356 g/mol. The van der Waals surface area contributed by atoms with Crippen molar-refractivity contribution in [3.8, 4) is 0 Å². The first-order valence-electron chi connectivity index (χ1n) is 7.94. The van der Waals surface area contributed by atoms with E-state index in [1.54, 1.807) is 6.07 Å². The minimum absolute atomic E-state index is 0.150. The molecule has 0 atom stereocenters. The van der Waals surface area contributed by atoms with Crippen LogP contribution in [0.3, 0.4) is 0 Å². The average Bonchev–Trinajstić information content (AvgIpc) is 3.40. The van der Waals surface area contributed by atoms with Crippen LogP contribution in [0.15, 0.2) is 58.5 Å². The molecule has 1 heterocycles. The summed E-state index contributed by atoms with van der Waals surface area (Å²) in [6.07, 6.45) is 1.99. The lowest BCUT2D eigenvalue weighted by Crippen LogP contribution is -2.25. The third-order valence-corrected chi connectivity index (χ3v) is 4.93. The van der Waals surface area contributed by atoms with Crippen LogP contribution in [0.1, 0.15) is 23.2 Å². The Balaban J connectivity index is 1.74. The molecule has 0 saturated heterocycles. The van der Waals surface area contributed by atoms with Crippen molar-refractivity contribution in [1.29, 1.82) is 0 Å². The van der Waals surface area contributed by atoms with Gasteiger partial charge < -0.3 is 5.32 Å². The van der Waals surface area contributed by atoms with Gasteiger partial charge in [0, 0.05) is 22.4 Å². The van der Waals surface area contributed by atoms with Crippen LogP contribution >= 0.6 is 11.8 Å². The lowest BCUT2D eigenvalue weighted by atomic mass is 10.1. The van der Waals surface area contributed by atoms with Gasteiger partial charge in [0.2, 0.25) is 0 Å². The number of amides is 1. The molecule has 0 spiro atoms. The normalized spacial score (nSPS) is 13.8. The Labute approximate surface area is 147 Å². The standard InChI is InChI=1S/C19H14F2N2OS/c20-11-5-8-17(15(21)9-11)25-18-10-14(19(24)22-12-6-7-12)13-3-1-2-4-16(13)23-18/h1-5,8-10,12H,6-7H2,(H,22,24). The number of pyridine rings is 1. The molecule has 1 saturated carbocycles. The highest BCUT2D eigenvalue weighted by molar-refractivity contribution is 7.99. The number of rotatable bonds is 4. The van der Waals surface area contributed by atoms with Crippen molar-refractivity contribution in [2.45, 2.75) is 28.8 Å². The van der Waals surface area contributed by atoms with E-state index in [1.807, 2.05) is 24.3 Å². The number of nitrogens with zero attached hydrogens (tertiary/aromatic N) is 1. The zero-order valence-electron chi connectivity index (χ0n) is 13.1. The van der Waals surface area contributed by atoms with Crippen LogP contribution in [-0.4, -0.2) is 16.9 Å². The number of halogens is 2. The van der Waals surface area contributed by atoms with E-state index in [2.05, 4.69) is 10.3 Å². The lowest BCUT2D eigenvalue weighted by molar-refractivity contribution is 0.0952. The van der Waals surface area contributed by atoms with Crippen molar-refractivity contribution in [1.82, 2.24) is 10.3 Å². The third-order valence-electron chi connectivity index (χ3n) is 3.96. The van der Waals surface area contributed by atoms with Crippen LogP contribution in [0.2, 0.25) is 0 Å². The minimum Gasteiger partial charge on any atom is -0.349 e.